The average molecular weight is 463 g/mol. The van der Waals surface area contributed by atoms with Gasteiger partial charge >= 0.3 is 5.97 Å². The first-order valence-electron chi connectivity index (χ1n) is 11.5. The lowest BCUT2D eigenvalue weighted by Gasteiger charge is -2.34. The summed E-state index contributed by atoms with van der Waals surface area (Å²) in [6.45, 7) is 12.6. The van der Waals surface area contributed by atoms with E-state index in [4.69, 9.17) is 8.61 Å². The van der Waals surface area contributed by atoms with Crippen molar-refractivity contribution in [3.63, 3.8) is 0 Å². The van der Waals surface area contributed by atoms with Crippen molar-refractivity contribution in [1.29, 1.82) is 0 Å². The fourth-order valence-corrected chi connectivity index (χ4v) is 8.15. The molecule has 1 fully saturated rings. The molecular formula is C22H42O6SSi. The summed E-state index contributed by atoms with van der Waals surface area (Å²) in [4.78, 5) is 25.3. The summed E-state index contributed by atoms with van der Waals surface area (Å²) in [5, 5.41) is -0.569. The number of ketones is 1. The zero-order valence-electron chi connectivity index (χ0n) is 20.0. The van der Waals surface area contributed by atoms with Gasteiger partial charge in [-0.2, -0.15) is 8.42 Å². The number of carbonyl (C=O) groups is 2. The van der Waals surface area contributed by atoms with Crippen molar-refractivity contribution < 1.29 is 26.6 Å². The van der Waals surface area contributed by atoms with Crippen LogP contribution in [0.25, 0.3) is 0 Å². The van der Waals surface area contributed by atoms with Crippen LogP contribution in [0.3, 0.4) is 0 Å². The van der Waals surface area contributed by atoms with E-state index in [1.165, 1.54) is 13.8 Å². The van der Waals surface area contributed by atoms with E-state index >= 15 is 0 Å². The molecule has 0 N–H and O–H groups in total. The fourth-order valence-electron chi connectivity index (χ4n) is 4.16. The zero-order valence-corrected chi connectivity index (χ0v) is 21.8. The molecule has 0 saturated heterocycles. The van der Waals surface area contributed by atoms with E-state index in [1.807, 2.05) is 20.8 Å². The second-order valence-electron chi connectivity index (χ2n) is 9.20. The Balaban J connectivity index is 2.86. The number of Topliss-reactive ketones (excluding diaryl/α,β-unsaturated/α-hetero) is 1. The third-order valence-electron chi connectivity index (χ3n) is 7.56. The highest BCUT2D eigenvalue weighted by atomic mass is 32.2. The van der Waals surface area contributed by atoms with Crippen LogP contribution in [-0.2, 0) is 28.3 Å². The van der Waals surface area contributed by atoms with Crippen LogP contribution in [0.1, 0.15) is 80.6 Å². The Morgan fingerprint density at radius 1 is 1.03 bits per heavy atom. The normalized spacial score (nSPS) is 23.4. The van der Waals surface area contributed by atoms with E-state index in [0.29, 0.717) is 24.7 Å². The van der Waals surface area contributed by atoms with E-state index < -0.39 is 47.5 Å². The Hall–Kier alpha value is -0.733. The maximum Gasteiger partial charge on any atom is 0.308 e. The van der Waals surface area contributed by atoms with Gasteiger partial charge in [0, 0.05) is 0 Å². The maximum absolute atomic E-state index is 13.0. The summed E-state index contributed by atoms with van der Waals surface area (Å²) in [5.74, 6) is 0.0527. The monoisotopic (exact) mass is 462 g/mol. The second-order valence-corrected chi connectivity index (χ2v) is 15.8. The summed E-state index contributed by atoms with van der Waals surface area (Å²) >= 11 is 0. The van der Waals surface area contributed by atoms with Crippen LogP contribution in [-0.4, -0.2) is 40.3 Å². The van der Waals surface area contributed by atoms with Crippen LogP contribution >= 0.6 is 0 Å². The van der Waals surface area contributed by atoms with Crippen LogP contribution < -0.4 is 0 Å². The van der Waals surface area contributed by atoms with Crippen LogP contribution in [0.15, 0.2) is 0 Å². The predicted molar refractivity (Wildman–Crippen MR) is 122 cm³/mol. The van der Waals surface area contributed by atoms with Crippen molar-refractivity contribution in [2.24, 2.45) is 17.3 Å². The molecule has 0 spiro atoms. The van der Waals surface area contributed by atoms with Crippen LogP contribution in [0.4, 0.5) is 0 Å². The third kappa shape index (κ3) is 6.39. The largest absolute Gasteiger partial charge is 0.518 e. The minimum atomic E-state index is -3.85. The first kappa shape index (κ1) is 27.3. The minimum absolute atomic E-state index is 0.436. The molecule has 30 heavy (non-hydrogen) atoms. The molecule has 1 aliphatic carbocycles. The number of hydrogen-bond acceptors (Lipinski definition) is 6. The Morgan fingerprint density at radius 2 is 1.53 bits per heavy atom. The van der Waals surface area contributed by atoms with Crippen molar-refractivity contribution in [2.45, 2.75) is 104 Å². The van der Waals surface area contributed by atoms with Crippen LogP contribution in [0, 0.1) is 17.3 Å². The molecule has 2 atom stereocenters. The lowest BCUT2D eigenvalue weighted by atomic mass is 9.80. The van der Waals surface area contributed by atoms with Gasteiger partial charge in [-0.15, -0.1) is 0 Å². The third-order valence-corrected chi connectivity index (χ3v) is 13.8. The molecule has 1 aliphatic rings. The first-order chi connectivity index (χ1) is 13.9. The van der Waals surface area contributed by atoms with Crippen LogP contribution in [0.5, 0.6) is 0 Å². The van der Waals surface area contributed by atoms with Gasteiger partial charge in [-0.05, 0) is 69.5 Å². The Labute approximate surface area is 184 Å². The summed E-state index contributed by atoms with van der Waals surface area (Å²) < 4.78 is 36.8. The molecule has 1 saturated carbocycles. The SMILES string of the molecule is CCC(C)C1CCC(S(=O)(=O)OCC(C)(C(C)=O)C(=O)O[Si](CC)(CC)CC)CC1. The predicted octanol–water partition coefficient (Wildman–Crippen LogP) is 5.08. The molecule has 0 bridgehead atoms. The summed E-state index contributed by atoms with van der Waals surface area (Å²) in [6, 6.07) is 2.29. The minimum Gasteiger partial charge on any atom is -0.518 e. The Bertz CT molecular complexity index is 671. The standard InChI is InChI=1S/C22H42O6SSi/c1-8-17(5)19-12-14-20(15-13-19)29(25,26)27-16-22(7,18(6)23)21(24)28-30(9-2,10-3)11-4/h17,19-20H,8-16H2,1-7H3. The molecule has 0 heterocycles. The van der Waals surface area contributed by atoms with Gasteiger partial charge in [0.1, 0.15) is 11.2 Å². The van der Waals surface area contributed by atoms with E-state index in [2.05, 4.69) is 13.8 Å². The van der Waals surface area contributed by atoms with Crippen molar-refractivity contribution in [2.75, 3.05) is 6.61 Å². The Kier molecular flexibility index (Phi) is 10.2. The highest BCUT2D eigenvalue weighted by molar-refractivity contribution is 7.87. The quantitative estimate of drug-likeness (QED) is 0.228. The van der Waals surface area contributed by atoms with Gasteiger partial charge < -0.3 is 4.43 Å². The summed E-state index contributed by atoms with van der Waals surface area (Å²) in [7, 11) is -6.12. The van der Waals surface area contributed by atoms with E-state index in [9.17, 15) is 18.0 Å². The maximum atomic E-state index is 13.0. The lowest BCUT2D eigenvalue weighted by Crippen LogP contribution is -2.48. The van der Waals surface area contributed by atoms with E-state index in [1.54, 1.807) is 0 Å². The molecule has 176 valence electrons. The molecule has 2 unspecified atom stereocenters. The van der Waals surface area contributed by atoms with Gasteiger partial charge in [0.05, 0.1) is 11.9 Å². The number of rotatable bonds is 12. The molecule has 1 rings (SSSR count). The molecule has 0 aromatic heterocycles. The second kappa shape index (κ2) is 11.2. The molecule has 0 radical (unpaired) electrons. The van der Waals surface area contributed by atoms with Gasteiger partial charge in [0.2, 0.25) is 0 Å². The topological polar surface area (TPSA) is 86.7 Å². The number of carbonyl (C=O) groups excluding carboxylic acids is 2. The molecule has 0 amide bonds. The van der Waals surface area contributed by atoms with Crippen molar-refractivity contribution >= 4 is 30.2 Å². The molecule has 0 aromatic rings. The molecule has 8 heteroatoms. The van der Waals surface area contributed by atoms with Gasteiger partial charge in [0.15, 0.2) is 0 Å². The van der Waals surface area contributed by atoms with E-state index in [-0.39, 0.29) is 0 Å². The molecule has 6 nitrogen and oxygen atoms in total. The van der Waals surface area contributed by atoms with Gasteiger partial charge in [0.25, 0.3) is 18.4 Å². The zero-order chi connectivity index (χ0) is 23.2. The van der Waals surface area contributed by atoms with Gasteiger partial charge in [-0.3, -0.25) is 13.8 Å². The fraction of sp³-hybridized carbons (Fsp3) is 0.909. The first-order valence-corrected chi connectivity index (χ1v) is 15.5. The van der Waals surface area contributed by atoms with E-state index in [0.717, 1.165) is 37.4 Å². The van der Waals surface area contributed by atoms with Crippen molar-refractivity contribution in [3.8, 4) is 0 Å². The highest BCUT2D eigenvalue weighted by Crippen LogP contribution is 2.35. The molecular weight excluding hydrogens is 420 g/mol. The van der Waals surface area contributed by atoms with Gasteiger partial charge in [-0.25, -0.2) is 0 Å². The Morgan fingerprint density at radius 3 is 1.93 bits per heavy atom. The lowest BCUT2D eigenvalue weighted by molar-refractivity contribution is -0.153. The summed E-state index contributed by atoms with van der Waals surface area (Å²) in [5.41, 5.74) is -1.61. The highest BCUT2D eigenvalue weighted by Gasteiger charge is 2.46. The van der Waals surface area contributed by atoms with Crippen molar-refractivity contribution in [3.05, 3.63) is 0 Å². The van der Waals surface area contributed by atoms with Crippen molar-refractivity contribution in [1.82, 2.24) is 0 Å². The number of hydrogen-bond donors (Lipinski definition) is 0. The average Bonchev–Trinajstić information content (AvgIpc) is 2.75. The molecule has 0 aliphatic heterocycles. The smallest absolute Gasteiger partial charge is 0.308 e. The summed E-state index contributed by atoms with van der Waals surface area (Å²) in [6.07, 6.45) is 3.96. The van der Waals surface area contributed by atoms with Gasteiger partial charge in [-0.1, -0.05) is 41.0 Å². The molecule has 0 aromatic carbocycles. The van der Waals surface area contributed by atoms with Crippen LogP contribution in [0.2, 0.25) is 18.1 Å².